The number of thiol groups is 1. The number of esters is 1. The molecular formula is C9H18O3S. The zero-order valence-electron chi connectivity index (χ0n) is 8.28. The lowest BCUT2D eigenvalue weighted by atomic mass is 10.3. The second kappa shape index (κ2) is 8.38. The monoisotopic (exact) mass is 206 g/mol. The van der Waals surface area contributed by atoms with Gasteiger partial charge in [-0.3, -0.25) is 4.79 Å². The standard InChI is InChI=1S/C9H18O3S/c1-3-8(13)9(10)12-7-5-6-11-4-2/h8,13H,3-7H2,1-2H3. The van der Waals surface area contributed by atoms with Crippen LogP contribution < -0.4 is 0 Å². The van der Waals surface area contributed by atoms with Gasteiger partial charge in [-0.2, -0.15) is 12.6 Å². The summed E-state index contributed by atoms with van der Waals surface area (Å²) in [6, 6.07) is 0. The first kappa shape index (κ1) is 12.8. The van der Waals surface area contributed by atoms with Crippen LogP contribution in [0, 0.1) is 0 Å². The van der Waals surface area contributed by atoms with Crippen molar-refractivity contribution in [2.24, 2.45) is 0 Å². The van der Waals surface area contributed by atoms with Crippen LogP contribution in [0.25, 0.3) is 0 Å². The normalized spacial score (nSPS) is 12.5. The quantitative estimate of drug-likeness (QED) is 0.391. The van der Waals surface area contributed by atoms with Gasteiger partial charge in [-0.05, 0) is 13.3 Å². The highest BCUT2D eigenvalue weighted by Gasteiger charge is 2.11. The lowest BCUT2D eigenvalue weighted by Crippen LogP contribution is -2.18. The first-order valence-corrected chi connectivity index (χ1v) is 5.16. The topological polar surface area (TPSA) is 35.5 Å². The van der Waals surface area contributed by atoms with Crippen molar-refractivity contribution in [3.8, 4) is 0 Å². The van der Waals surface area contributed by atoms with Crippen molar-refractivity contribution in [3.05, 3.63) is 0 Å². The molecule has 0 aliphatic heterocycles. The van der Waals surface area contributed by atoms with Gasteiger partial charge in [0.1, 0.15) is 0 Å². The van der Waals surface area contributed by atoms with Crippen LogP contribution in [0.1, 0.15) is 26.7 Å². The summed E-state index contributed by atoms with van der Waals surface area (Å²) in [6.45, 7) is 5.62. The Morgan fingerprint density at radius 1 is 1.38 bits per heavy atom. The number of hydrogen-bond donors (Lipinski definition) is 1. The van der Waals surface area contributed by atoms with Crippen molar-refractivity contribution in [3.63, 3.8) is 0 Å². The smallest absolute Gasteiger partial charge is 0.318 e. The van der Waals surface area contributed by atoms with Gasteiger partial charge in [0.25, 0.3) is 0 Å². The van der Waals surface area contributed by atoms with Crippen LogP contribution in [0.4, 0.5) is 0 Å². The van der Waals surface area contributed by atoms with E-state index in [0.29, 0.717) is 26.2 Å². The van der Waals surface area contributed by atoms with Crippen molar-refractivity contribution in [1.29, 1.82) is 0 Å². The van der Waals surface area contributed by atoms with E-state index in [1.165, 1.54) is 0 Å². The van der Waals surface area contributed by atoms with E-state index in [2.05, 4.69) is 12.6 Å². The summed E-state index contributed by atoms with van der Waals surface area (Å²) in [5, 5.41) is -0.285. The molecule has 0 radical (unpaired) electrons. The van der Waals surface area contributed by atoms with Gasteiger partial charge in [-0.15, -0.1) is 0 Å². The molecule has 0 saturated heterocycles. The average Bonchev–Trinajstić information content (AvgIpc) is 2.16. The number of hydrogen-bond acceptors (Lipinski definition) is 4. The Morgan fingerprint density at radius 3 is 2.62 bits per heavy atom. The Kier molecular flexibility index (Phi) is 8.24. The molecule has 1 atom stereocenters. The fraction of sp³-hybridized carbons (Fsp3) is 0.889. The summed E-state index contributed by atoms with van der Waals surface area (Å²) in [4.78, 5) is 11.1. The number of ether oxygens (including phenoxy) is 2. The molecule has 0 fully saturated rings. The highest BCUT2D eigenvalue weighted by molar-refractivity contribution is 7.81. The van der Waals surface area contributed by atoms with Gasteiger partial charge in [0.2, 0.25) is 0 Å². The molecule has 4 heteroatoms. The van der Waals surface area contributed by atoms with Crippen molar-refractivity contribution in [2.75, 3.05) is 19.8 Å². The molecule has 0 N–H and O–H groups in total. The second-order valence-corrected chi connectivity index (χ2v) is 3.27. The number of carbonyl (C=O) groups excluding carboxylic acids is 1. The number of rotatable bonds is 7. The molecule has 0 aromatic heterocycles. The van der Waals surface area contributed by atoms with E-state index in [9.17, 15) is 4.79 Å². The molecular weight excluding hydrogens is 188 g/mol. The molecule has 0 aromatic carbocycles. The Hall–Kier alpha value is -0.220. The highest BCUT2D eigenvalue weighted by atomic mass is 32.1. The Bertz CT molecular complexity index is 139. The zero-order valence-corrected chi connectivity index (χ0v) is 9.18. The molecule has 3 nitrogen and oxygen atoms in total. The summed E-state index contributed by atoms with van der Waals surface area (Å²) in [5.74, 6) is -0.234. The lowest BCUT2D eigenvalue weighted by Gasteiger charge is -2.08. The Labute approximate surface area is 85.2 Å². The van der Waals surface area contributed by atoms with Gasteiger partial charge in [0.05, 0.1) is 11.9 Å². The molecule has 78 valence electrons. The maximum Gasteiger partial charge on any atom is 0.318 e. The van der Waals surface area contributed by atoms with Crippen molar-refractivity contribution < 1.29 is 14.3 Å². The van der Waals surface area contributed by atoms with Crippen molar-refractivity contribution in [2.45, 2.75) is 31.9 Å². The summed E-state index contributed by atoms with van der Waals surface area (Å²) < 4.78 is 10.0. The first-order valence-electron chi connectivity index (χ1n) is 4.64. The molecule has 0 rings (SSSR count). The molecule has 0 bridgehead atoms. The van der Waals surface area contributed by atoms with E-state index in [-0.39, 0.29) is 11.2 Å². The van der Waals surface area contributed by atoms with Crippen LogP contribution in [0.2, 0.25) is 0 Å². The summed E-state index contributed by atoms with van der Waals surface area (Å²) >= 11 is 4.06. The third kappa shape index (κ3) is 6.90. The molecule has 0 aliphatic rings. The maximum atomic E-state index is 11.1. The molecule has 0 aliphatic carbocycles. The second-order valence-electron chi connectivity index (χ2n) is 2.64. The van der Waals surface area contributed by atoms with Gasteiger partial charge in [0, 0.05) is 19.6 Å². The third-order valence-corrected chi connectivity index (χ3v) is 2.12. The predicted octanol–water partition coefficient (Wildman–Crippen LogP) is 1.66. The molecule has 0 amide bonds. The van der Waals surface area contributed by atoms with Crippen LogP contribution in [0.15, 0.2) is 0 Å². The third-order valence-electron chi connectivity index (χ3n) is 1.54. The van der Waals surface area contributed by atoms with E-state index < -0.39 is 0 Å². The van der Waals surface area contributed by atoms with E-state index in [0.717, 1.165) is 6.42 Å². The van der Waals surface area contributed by atoms with Gasteiger partial charge in [-0.1, -0.05) is 6.92 Å². The highest BCUT2D eigenvalue weighted by Crippen LogP contribution is 2.02. The Morgan fingerprint density at radius 2 is 2.08 bits per heavy atom. The van der Waals surface area contributed by atoms with Crippen molar-refractivity contribution in [1.82, 2.24) is 0 Å². The molecule has 0 heterocycles. The van der Waals surface area contributed by atoms with E-state index in [1.807, 2.05) is 13.8 Å². The van der Waals surface area contributed by atoms with Crippen LogP contribution >= 0.6 is 12.6 Å². The van der Waals surface area contributed by atoms with Gasteiger partial charge in [-0.25, -0.2) is 0 Å². The minimum Gasteiger partial charge on any atom is -0.465 e. The molecule has 13 heavy (non-hydrogen) atoms. The SMILES string of the molecule is CCOCCCOC(=O)C(S)CC. The van der Waals surface area contributed by atoms with Crippen molar-refractivity contribution >= 4 is 18.6 Å². The maximum absolute atomic E-state index is 11.1. The van der Waals surface area contributed by atoms with Crippen LogP contribution in [-0.2, 0) is 14.3 Å². The van der Waals surface area contributed by atoms with Crippen LogP contribution in [0.5, 0.6) is 0 Å². The van der Waals surface area contributed by atoms with Gasteiger partial charge in [0.15, 0.2) is 0 Å². The zero-order chi connectivity index (χ0) is 10.1. The fourth-order valence-electron chi connectivity index (χ4n) is 0.741. The largest absolute Gasteiger partial charge is 0.465 e. The minimum absolute atomic E-state index is 0.234. The Balaban J connectivity index is 3.27. The average molecular weight is 206 g/mol. The van der Waals surface area contributed by atoms with Crippen LogP contribution in [0.3, 0.4) is 0 Å². The summed E-state index contributed by atoms with van der Waals surface area (Å²) in [5.41, 5.74) is 0. The minimum atomic E-state index is -0.285. The summed E-state index contributed by atoms with van der Waals surface area (Å²) in [6.07, 6.45) is 1.46. The predicted molar refractivity (Wildman–Crippen MR) is 55.1 cm³/mol. The number of carbonyl (C=O) groups is 1. The fourth-order valence-corrected chi connectivity index (χ4v) is 0.815. The molecule has 0 spiro atoms. The van der Waals surface area contributed by atoms with Gasteiger partial charge >= 0.3 is 5.97 Å². The molecule has 0 saturated carbocycles. The first-order chi connectivity index (χ1) is 6.22. The van der Waals surface area contributed by atoms with Gasteiger partial charge < -0.3 is 9.47 Å². The van der Waals surface area contributed by atoms with E-state index in [4.69, 9.17) is 9.47 Å². The molecule has 1 unspecified atom stereocenters. The van der Waals surface area contributed by atoms with E-state index >= 15 is 0 Å². The molecule has 0 aromatic rings. The van der Waals surface area contributed by atoms with Crippen LogP contribution in [-0.4, -0.2) is 31.0 Å². The summed E-state index contributed by atoms with van der Waals surface area (Å²) in [7, 11) is 0. The van der Waals surface area contributed by atoms with E-state index in [1.54, 1.807) is 0 Å². The lowest BCUT2D eigenvalue weighted by molar-refractivity contribution is -0.143.